The molecule has 2 aliphatic rings. The van der Waals surface area contributed by atoms with E-state index >= 15 is 0 Å². The molecule has 38 heavy (non-hydrogen) atoms. The molecular formula is C25H18F2N6O5. The summed E-state index contributed by atoms with van der Waals surface area (Å²) in [5, 5.41) is 13.9. The fraction of sp³-hybridized carbons (Fsp3) is 0.240. The van der Waals surface area contributed by atoms with Crippen molar-refractivity contribution < 1.29 is 27.8 Å². The molecule has 4 aromatic rings. The minimum atomic E-state index is -3.78. The minimum Gasteiger partial charge on any atom is -0.495 e. The second kappa shape index (κ2) is 8.55. The van der Waals surface area contributed by atoms with E-state index in [1.54, 1.807) is 18.2 Å². The Kier molecular flexibility index (Phi) is 5.27. The molecule has 13 heteroatoms. The number of fused-ring (bicyclic) bond motifs is 2. The van der Waals surface area contributed by atoms with Crippen LogP contribution in [-0.2, 0) is 11.3 Å². The predicted octanol–water partition coefficient (Wildman–Crippen LogP) is 3.18. The Hall–Kier alpha value is -4.99. The fourth-order valence-corrected chi connectivity index (χ4v) is 4.41. The SMILES string of the molecule is COc1ccc(-c2nn(CC(=O)N(c3ccc4c(c3)OC(F)(F)O4)C3CC3)c(=O)c3[nH]cnc23)cc1C#N. The van der Waals surface area contributed by atoms with Crippen molar-refractivity contribution in [2.75, 3.05) is 12.0 Å². The van der Waals surface area contributed by atoms with Crippen LogP contribution in [0.2, 0.25) is 0 Å². The van der Waals surface area contributed by atoms with Crippen LogP contribution in [-0.4, -0.2) is 45.1 Å². The van der Waals surface area contributed by atoms with E-state index in [0.717, 1.165) is 4.68 Å². The summed E-state index contributed by atoms with van der Waals surface area (Å²) in [6.07, 6.45) is -1.01. The van der Waals surface area contributed by atoms with Crippen molar-refractivity contribution in [3.8, 4) is 34.6 Å². The van der Waals surface area contributed by atoms with Gasteiger partial charge in [-0.1, -0.05) is 0 Å². The minimum absolute atomic E-state index is 0.134. The zero-order valence-electron chi connectivity index (χ0n) is 19.8. The summed E-state index contributed by atoms with van der Waals surface area (Å²) in [6, 6.07) is 10.8. The Balaban J connectivity index is 1.38. The highest BCUT2D eigenvalue weighted by molar-refractivity contribution is 5.95. The number of amides is 1. The van der Waals surface area contributed by atoms with Gasteiger partial charge in [-0.2, -0.15) is 10.4 Å². The molecule has 1 amide bonds. The summed E-state index contributed by atoms with van der Waals surface area (Å²) in [4.78, 5) is 35.1. The van der Waals surface area contributed by atoms with Gasteiger partial charge in [0.25, 0.3) is 5.56 Å². The third kappa shape index (κ3) is 3.96. The molecule has 0 atom stereocenters. The van der Waals surface area contributed by atoms with E-state index in [-0.39, 0.29) is 39.8 Å². The molecule has 0 saturated heterocycles. The number of carbonyl (C=O) groups is 1. The number of anilines is 1. The quantitative estimate of drug-likeness (QED) is 0.410. The molecule has 192 valence electrons. The average Bonchev–Trinajstić information content (AvgIpc) is 3.49. The number of nitrogens with one attached hydrogen (secondary N) is 1. The molecule has 1 aliphatic carbocycles. The van der Waals surface area contributed by atoms with Gasteiger partial charge in [0, 0.05) is 23.4 Å². The van der Waals surface area contributed by atoms with Crippen molar-refractivity contribution in [3.05, 3.63) is 58.6 Å². The highest BCUT2D eigenvalue weighted by atomic mass is 19.3. The zero-order chi connectivity index (χ0) is 26.6. The summed E-state index contributed by atoms with van der Waals surface area (Å²) < 4.78 is 42.2. The van der Waals surface area contributed by atoms with Crippen molar-refractivity contribution in [3.63, 3.8) is 0 Å². The van der Waals surface area contributed by atoms with Gasteiger partial charge >= 0.3 is 6.29 Å². The zero-order valence-corrected chi connectivity index (χ0v) is 19.8. The number of alkyl halides is 2. The van der Waals surface area contributed by atoms with E-state index in [9.17, 15) is 23.6 Å². The number of hydrogen-bond acceptors (Lipinski definition) is 8. The summed E-state index contributed by atoms with van der Waals surface area (Å²) in [5.41, 5.74) is 1.24. The summed E-state index contributed by atoms with van der Waals surface area (Å²) in [7, 11) is 1.45. The highest BCUT2D eigenvalue weighted by Gasteiger charge is 2.44. The fourth-order valence-electron chi connectivity index (χ4n) is 4.41. The van der Waals surface area contributed by atoms with E-state index in [1.807, 2.05) is 0 Å². The number of methoxy groups -OCH3 is 1. The summed E-state index contributed by atoms with van der Waals surface area (Å²) in [5.74, 6) is -0.412. The number of nitrogens with zero attached hydrogens (tertiary/aromatic N) is 5. The van der Waals surface area contributed by atoms with Crippen LogP contribution in [0.15, 0.2) is 47.5 Å². The van der Waals surface area contributed by atoms with E-state index < -0.39 is 24.3 Å². The van der Waals surface area contributed by atoms with Crippen molar-refractivity contribution >= 4 is 22.6 Å². The Morgan fingerprint density at radius 3 is 2.79 bits per heavy atom. The van der Waals surface area contributed by atoms with Crippen LogP contribution in [0.3, 0.4) is 0 Å². The molecule has 3 heterocycles. The molecule has 0 unspecified atom stereocenters. The number of benzene rings is 2. The van der Waals surface area contributed by atoms with Crippen LogP contribution in [0.5, 0.6) is 17.2 Å². The predicted molar refractivity (Wildman–Crippen MR) is 128 cm³/mol. The number of carbonyl (C=O) groups excluding carboxylic acids is 1. The van der Waals surface area contributed by atoms with Gasteiger partial charge in [-0.25, -0.2) is 9.67 Å². The largest absolute Gasteiger partial charge is 0.586 e. The number of nitriles is 1. The van der Waals surface area contributed by atoms with Gasteiger partial charge in [0.2, 0.25) is 5.91 Å². The summed E-state index contributed by atoms with van der Waals surface area (Å²) >= 11 is 0. The Morgan fingerprint density at radius 1 is 1.26 bits per heavy atom. The van der Waals surface area contributed by atoms with Crippen molar-refractivity contribution in [2.24, 2.45) is 0 Å². The molecule has 0 bridgehead atoms. The number of H-pyrrole nitrogens is 1. The molecule has 0 spiro atoms. The first-order chi connectivity index (χ1) is 18.3. The van der Waals surface area contributed by atoms with Gasteiger partial charge in [0.15, 0.2) is 11.5 Å². The van der Waals surface area contributed by atoms with E-state index in [1.165, 1.54) is 36.5 Å². The van der Waals surface area contributed by atoms with Gasteiger partial charge in [0.05, 0.1) is 19.0 Å². The Morgan fingerprint density at radius 2 is 2.05 bits per heavy atom. The lowest BCUT2D eigenvalue weighted by molar-refractivity contribution is -0.286. The first kappa shape index (κ1) is 23.4. The van der Waals surface area contributed by atoms with Crippen LogP contribution in [0.1, 0.15) is 18.4 Å². The first-order valence-corrected chi connectivity index (χ1v) is 11.5. The second-order valence-electron chi connectivity index (χ2n) is 8.76. The number of aromatic nitrogens is 4. The molecule has 1 aliphatic heterocycles. The van der Waals surface area contributed by atoms with Gasteiger partial charge in [-0.15, -0.1) is 8.78 Å². The molecule has 2 aromatic carbocycles. The van der Waals surface area contributed by atoms with Crippen LogP contribution < -0.4 is 24.7 Å². The van der Waals surface area contributed by atoms with Crippen molar-refractivity contribution in [1.82, 2.24) is 19.7 Å². The smallest absolute Gasteiger partial charge is 0.495 e. The molecule has 1 fully saturated rings. The number of imidazole rings is 1. The van der Waals surface area contributed by atoms with Gasteiger partial charge in [0.1, 0.15) is 35.1 Å². The Bertz CT molecular complexity index is 1700. The molecule has 6 rings (SSSR count). The van der Waals surface area contributed by atoms with E-state index in [4.69, 9.17) is 4.74 Å². The average molecular weight is 520 g/mol. The normalized spacial score (nSPS) is 15.3. The maximum Gasteiger partial charge on any atom is 0.586 e. The van der Waals surface area contributed by atoms with Crippen LogP contribution in [0.25, 0.3) is 22.3 Å². The van der Waals surface area contributed by atoms with Crippen LogP contribution in [0, 0.1) is 11.3 Å². The topological polar surface area (TPSA) is 135 Å². The monoisotopic (exact) mass is 520 g/mol. The Labute approximate surface area is 212 Å². The lowest BCUT2D eigenvalue weighted by atomic mass is 10.1. The number of ether oxygens (including phenoxy) is 3. The number of rotatable bonds is 6. The molecule has 0 radical (unpaired) electrons. The molecule has 1 N–H and O–H groups in total. The van der Waals surface area contributed by atoms with Crippen LogP contribution in [0.4, 0.5) is 14.5 Å². The van der Waals surface area contributed by atoms with E-state index in [0.29, 0.717) is 29.8 Å². The van der Waals surface area contributed by atoms with Crippen molar-refractivity contribution in [2.45, 2.75) is 31.7 Å². The third-order valence-corrected chi connectivity index (χ3v) is 6.25. The number of aromatic amines is 1. The second-order valence-corrected chi connectivity index (χ2v) is 8.76. The third-order valence-electron chi connectivity index (χ3n) is 6.25. The van der Waals surface area contributed by atoms with Gasteiger partial charge < -0.3 is 24.1 Å². The van der Waals surface area contributed by atoms with Crippen LogP contribution >= 0.6 is 0 Å². The first-order valence-electron chi connectivity index (χ1n) is 11.5. The highest BCUT2D eigenvalue weighted by Crippen LogP contribution is 2.44. The lowest BCUT2D eigenvalue weighted by Gasteiger charge is -2.23. The number of hydrogen-bond donors (Lipinski definition) is 1. The lowest BCUT2D eigenvalue weighted by Crippen LogP contribution is -2.39. The molecule has 1 saturated carbocycles. The number of halogens is 2. The standard InChI is InChI=1S/C25H18F2N6O5/c1-36-17-6-2-13(8-14(17)10-28)21-22-23(30-12-29-22)24(35)32(31-21)11-20(34)33(15-3-4-15)16-5-7-18-19(9-16)38-25(26,27)37-18/h2,5-9,12,15H,3-4,11H2,1H3,(H,29,30). The van der Waals surface area contributed by atoms with Gasteiger partial charge in [-0.3, -0.25) is 9.59 Å². The maximum absolute atomic E-state index is 13.5. The van der Waals surface area contributed by atoms with E-state index in [2.05, 4.69) is 30.6 Å². The maximum atomic E-state index is 13.5. The molecular weight excluding hydrogens is 502 g/mol. The summed E-state index contributed by atoms with van der Waals surface area (Å²) in [6.45, 7) is -0.427. The van der Waals surface area contributed by atoms with Gasteiger partial charge in [-0.05, 0) is 43.2 Å². The molecule has 2 aromatic heterocycles. The van der Waals surface area contributed by atoms with Crippen molar-refractivity contribution in [1.29, 1.82) is 5.26 Å². The molecule has 11 nitrogen and oxygen atoms in total.